The fourth-order valence-electron chi connectivity index (χ4n) is 1.53. The number of nitrogens with zero attached hydrogens (tertiary/aromatic N) is 3. The van der Waals surface area contributed by atoms with Crippen LogP contribution in [0.2, 0.25) is 0 Å². The zero-order valence-corrected chi connectivity index (χ0v) is 9.57. The maximum absolute atomic E-state index is 11.5. The lowest BCUT2D eigenvalue weighted by molar-refractivity contribution is -0.386. The fourth-order valence-corrected chi connectivity index (χ4v) is 1.53. The van der Waals surface area contributed by atoms with Crippen molar-refractivity contribution in [1.29, 1.82) is 0 Å². The summed E-state index contributed by atoms with van der Waals surface area (Å²) in [6.07, 6.45) is 2.35. The second-order valence-electron chi connectivity index (χ2n) is 3.75. The summed E-state index contributed by atoms with van der Waals surface area (Å²) >= 11 is 0. The summed E-state index contributed by atoms with van der Waals surface area (Å²) in [6, 6.07) is 3.14. The van der Waals surface area contributed by atoms with Gasteiger partial charge in [-0.15, -0.1) is 0 Å². The predicted octanol–water partition coefficient (Wildman–Crippen LogP) is -0.530. The average molecular weight is 263 g/mol. The summed E-state index contributed by atoms with van der Waals surface area (Å²) in [5.41, 5.74) is 3.67. The standard InChI is InChI=1S/C10H9N5O4/c11-8-3-6(1-2-12-8)4-14-5-7(15(18)19)9(16)13-10(14)17/h1-3,5H,4H2,(H2,11,12)(H,13,16,17). The Morgan fingerprint density at radius 3 is 2.84 bits per heavy atom. The van der Waals surface area contributed by atoms with E-state index in [1.807, 2.05) is 4.98 Å². The summed E-state index contributed by atoms with van der Waals surface area (Å²) in [7, 11) is 0. The summed E-state index contributed by atoms with van der Waals surface area (Å²) in [4.78, 5) is 38.2. The number of pyridine rings is 1. The second kappa shape index (κ2) is 4.72. The lowest BCUT2D eigenvalue weighted by atomic mass is 10.2. The first-order valence-electron chi connectivity index (χ1n) is 5.16. The zero-order valence-electron chi connectivity index (χ0n) is 9.57. The van der Waals surface area contributed by atoms with Gasteiger partial charge in [-0.2, -0.15) is 0 Å². The molecule has 0 fully saturated rings. The second-order valence-corrected chi connectivity index (χ2v) is 3.75. The van der Waals surface area contributed by atoms with E-state index < -0.39 is 21.9 Å². The third-order valence-corrected chi connectivity index (χ3v) is 2.39. The molecule has 19 heavy (non-hydrogen) atoms. The summed E-state index contributed by atoms with van der Waals surface area (Å²) in [5, 5.41) is 10.6. The van der Waals surface area contributed by atoms with E-state index in [0.29, 0.717) is 5.56 Å². The van der Waals surface area contributed by atoms with Gasteiger partial charge >= 0.3 is 16.9 Å². The molecule has 2 aromatic rings. The van der Waals surface area contributed by atoms with Gasteiger partial charge in [0.1, 0.15) is 5.82 Å². The summed E-state index contributed by atoms with van der Waals surface area (Å²) in [6.45, 7) is 0.0448. The number of nitrogen functional groups attached to an aromatic ring is 1. The molecule has 9 heteroatoms. The number of anilines is 1. The van der Waals surface area contributed by atoms with Crippen LogP contribution in [-0.4, -0.2) is 19.5 Å². The number of nitrogens with two attached hydrogens (primary N) is 1. The van der Waals surface area contributed by atoms with Crippen molar-refractivity contribution in [3.63, 3.8) is 0 Å². The average Bonchev–Trinajstić information content (AvgIpc) is 2.32. The Bertz CT molecular complexity index is 748. The van der Waals surface area contributed by atoms with Crippen LogP contribution in [0.15, 0.2) is 34.1 Å². The third-order valence-electron chi connectivity index (χ3n) is 2.39. The zero-order chi connectivity index (χ0) is 14.0. The molecule has 0 radical (unpaired) electrons. The maximum atomic E-state index is 11.5. The van der Waals surface area contributed by atoms with Gasteiger partial charge in [-0.3, -0.25) is 24.5 Å². The van der Waals surface area contributed by atoms with Crippen LogP contribution < -0.4 is 17.0 Å². The van der Waals surface area contributed by atoms with Gasteiger partial charge in [0.15, 0.2) is 0 Å². The number of H-pyrrole nitrogens is 1. The molecule has 2 aromatic heterocycles. The Kier molecular flexibility index (Phi) is 3.10. The highest BCUT2D eigenvalue weighted by Crippen LogP contribution is 2.06. The maximum Gasteiger partial charge on any atom is 0.350 e. The Morgan fingerprint density at radius 1 is 1.47 bits per heavy atom. The largest absolute Gasteiger partial charge is 0.384 e. The predicted molar refractivity (Wildman–Crippen MR) is 65.7 cm³/mol. The highest BCUT2D eigenvalue weighted by molar-refractivity contribution is 5.32. The van der Waals surface area contributed by atoms with E-state index in [2.05, 4.69) is 4.98 Å². The van der Waals surface area contributed by atoms with Crippen molar-refractivity contribution < 1.29 is 4.92 Å². The van der Waals surface area contributed by atoms with Crippen molar-refractivity contribution in [2.75, 3.05) is 5.73 Å². The SMILES string of the molecule is Nc1cc(Cn2cc([N+](=O)[O-])c(=O)[nH]c2=O)ccn1. The lowest BCUT2D eigenvalue weighted by Crippen LogP contribution is -2.31. The molecule has 0 saturated carbocycles. The Morgan fingerprint density at radius 2 is 2.21 bits per heavy atom. The summed E-state index contributed by atoms with van der Waals surface area (Å²) < 4.78 is 1.02. The van der Waals surface area contributed by atoms with E-state index >= 15 is 0 Å². The molecule has 2 rings (SSSR count). The van der Waals surface area contributed by atoms with Crippen LogP contribution in [0.5, 0.6) is 0 Å². The van der Waals surface area contributed by atoms with Crippen molar-refractivity contribution in [2.24, 2.45) is 0 Å². The van der Waals surface area contributed by atoms with Gasteiger partial charge in [-0.05, 0) is 17.7 Å². The minimum absolute atomic E-state index is 0.0448. The molecule has 0 spiro atoms. The minimum Gasteiger partial charge on any atom is -0.384 e. The van der Waals surface area contributed by atoms with Crippen LogP contribution in [0.3, 0.4) is 0 Å². The molecular weight excluding hydrogens is 254 g/mol. The van der Waals surface area contributed by atoms with Gasteiger partial charge in [0.2, 0.25) is 0 Å². The first-order valence-corrected chi connectivity index (χ1v) is 5.16. The van der Waals surface area contributed by atoms with Crippen molar-refractivity contribution in [2.45, 2.75) is 6.54 Å². The van der Waals surface area contributed by atoms with Crippen molar-refractivity contribution >= 4 is 11.5 Å². The van der Waals surface area contributed by atoms with Crippen LogP contribution in [-0.2, 0) is 6.54 Å². The molecule has 98 valence electrons. The lowest BCUT2D eigenvalue weighted by Gasteiger charge is -2.05. The first-order chi connectivity index (χ1) is 8.97. The van der Waals surface area contributed by atoms with Crippen LogP contribution in [0.25, 0.3) is 0 Å². The number of nitrogens with one attached hydrogen (secondary N) is 1. The molecule has 2 heterocycles. The van der Waals surface area contributed by atoms with Gasteiger partial charge in [0.05, 0.1) is 17.7 Å². The molecule has 0 bridgehead atoms. The molecule has 0 atom stereocenters. The number of aromatic nitrogens is 3. The molecule has 0 aliphatic rings. The van der Waals surface area contributed by atoms with E-state index in [1.165, 1.54) is 12.3 Å². The molecule has 0 aliphatic heterocycles. The number of aromatic amines is 1. The van der Waals surface area contributed by atoms with Gasteiger partial charge in [-0.1, -0.05) is 0 Å². The highest BCUT2D eigenvalue weighted by Gasteiger charge is 2.14. The van der Waals surface area contributed by atoms with Crippen LogP contribution in [0, 0.1) is 10.1 Å². The van der Waals surface area contributed by atoms with Gasteiger partial charge in [-0.25, -0.2) is 9.78 Å². The van der Waals surface area contributed by atoms with E-state index in [-0.39, 0.29) is 12.4 Å². The van der Waals surface area contributed by atoms with Crippen LogP contribution in [0.4, 0.5) is 11.5 Å². The Labute approximate surface area is 105 Å². The highest BCUT2D eigenvalue weighted by atomic mass is 16.6. The molecule has 0 amide bonds. The monoisotopic (exact) mass is 263 g/mol. The topological polar surface area (TPSA) is 137 Å². The molecule has 0 aliphatic carbocycles. The molecule has 3 N–H and O–H groups in total. The van der Waals surface area contributed by atoms with Crippen LogP contribution in [0.1, 0.15) is 5.56 Å². The third kappa shape index (κ3) is 2.65. The van der Waals surface area contributed by atoms with Gasteiger partial charge in [0.25, 0.3) is 0 Å². The number of nitro groups is 1. The molecule has 0 saturated heterocycles. The molecule has 0 unspecified atom stereocenters. The minimum atomic E-state index is -1.03. The number of rotatable bonds is 3. The molecule has 0 aromatic carbocycles. The number of hydrogen-bond donors (Lipinski definition) is 2. The van der Waals surface area contributed by atoms with E-state index in [4.69, 9.17) is 5.73 Å². The van der Waals surface area contributed by atoms with Crippen molar-refractivity contribution in [1.82, 2.24) is 14.5 Å². The fraction of sp³-hybridized carbons (Fsp3) is 0.100. The Hall–Kier alpha value is -2.97. The van der Waals surface area contributed by atoms with E-state index in [1.54, 1.807) is 6.07 Å². The summed E-state index contributed by atoms with van der Waals surface area (Å²) in [5.74, 6) is 0.268. The smallest absolute Gasteiger partial charge is 0.350 e. The van der Waals surface area contributed by atoms with Crippen molar-refractivity contribution in [3.8, 4) is 0 Å². The number of hydrogen-bond acceptors (Lipinski definition) is 6. The molecule has 9 nitrogen and oxygen atoms in total. The van der Waals surface area contributed by atoms with Gasteiger partial charge < -0.3 is 5.73 Å². The normalized spacial score (nSPS) is 10.3. The van der Waals surface area contributed by atoms with E-state index in [0.717, 1.165) is 10.8 Å². The van der Waals surface area contributed by atoms with Crippen LogP contribution >= 0.6 is 0 Å². The first kappa shape index (κ1) is 12.5. The van der Waals surface area contributed by atoms with E-state index in [9.17, 15) is 19.7 Å². The van der Waals surface area contributed by atoms with Crippen molar-refractivity contribution in [3.05, 3.63) is 61.0 Å². The Balaban J connectivity index is 2.46. The quantitative estimate of drug-likeness (QED) is 0.564. The van der Waals surface area contributed by atoms with Gasteiger partial charge in [0, 0.05) is 6.20 Å². The molecular formula is C10H9N5O4.